The standard InChI is InChI=1S/C14H16ClN5/c1-11-3-5-17-14-13(11)18-12(2-4-15)20(14)9-8-19-7-6-16-10-19/h3,5-7,10H,2,4,8-9H2,1H3. The van der Waals surface area contributed by atoms with Crippen molar-refractivity contribution in [3.8, 4) is 0 Å². The summed E-state index contributed by atoms with van der Waals surface area (Å²) in [6.45, 7) is 3.72. The first-order valence-corrected chi connectivity index (χ1v) is 7.15. The van der Waals surface area contributed by atoms with Gasteiger partial charge in [-0.15, -0.1) is 11.6 Å². The van der Waals surface area contributed by atoms with E-state index in [0.29, 0.717) is 5.88 Å². The van der Waals surface area contributed by atoms with Crippen molar-refractivity contribution in [2.75, 3.05) is 5.88 Å². The Bertz CT molecular complexity index is 702. The van der Waals surface area contributed by atoms with Gasteiger partial charge >= 0.3 is 0 Å². The Morgan fingerprint density at radius 3 is 2.90 bits per heavy atom. The predicted molar refractivity (Wildman–Crippen MR) is 78.9 cm³/mol. The lowest BCUT2D eigenvalue weighted by atomic mass is 10.3. The number of fused-ring (bicyclic) bond motifs is 1. The maximum absolute atomic E-state index is 5.89. The molecule has 0 N–H and O–H groups in total. The predicted octanol–water partition coefficient (Wildman–Crippen LogP) is 2.42. The zero-order valence-electron chi connectivity index (χ0n) is 11.3. The van der Waals surface area contributed by atoms with E-state index in [1.807, 2.05) is 29.4 Å². The van der Waals surface area contributed by atoms with E-state index in [1.54, 1.807) is 6.20 Å². The van der Waals surface area contributed by atoms with Crippen LogP contribution in [0.2, 0.25) is 0 Å². The molecule has 0 radical (unpaired) electrons. The van der Waals surface area contributed by atoms with Crippen LogP contribution in [0.5, 0.6) is 0 Å². The van der Waals surface area contributed by atoms with Crippen molar-refractivity contribution in [3.05, 3.63) is 42.4 Å². The Labute approximate surface area is 122 Å². The third-order valence-corrected chi connectivity index (χ3v) is 3.56. The van der Waals surface area contributed by atoms with Crippen molar-refractivity contribution in [1.29, 1.82) is 0 Å². The number of aromatic nitrogens is 5. The van der Waals surface area contributed by atoms with Gasteiger partial charge in [0.05, 0.1) is 6.33 Å². The maximum Gasteiger partial charge on any atom is 0.160 e. The molecule has 0 aliphatic heterocycles. The number of alkyl halides is 1. The minimum Gasteiger partial charge on any atom is -0.336 e. The molecule has 0 aliphatic carbocycles. The zero-order valence-corrected chi connectivity index (χ0v) is 12.1. The van der Waals surface area contributed by atoms with Crippen LogP contribution >= 0.6 is 11.6 Å². The van der Waals surface area contributed by atoms with Gasteiger partial charge in [-0.2, -0.15) is 0 Å². The molecule has 0 bridgehead atoms. The van der Waals surface area contributed by atoms with Crippen molar-refractivity contribution in [1.82, 2.24) is 24.1 Å². The maximum atomic E-state index is 5.89. The Morgan fingerprint density at radius 2 is 2.15 bits per heavy atom. The monoisotopic (exact) mass is 289 g/mol. The van der Waals surface area contributed by atoms with Crippen LogP contribution in [0.15, 0.2) is 31.0 Å². The third kappa shape index (κ3) is 2.41. The molecule has 104 valence electrons. The highest BCUT2D eigenvalue weighted by atomic mass is 35.5. The Morgan fingerprint density at radius 1 is 1.25 bits per heavy atom. The Balaban J connectivity index is 1.98. The molecule has 0 aliphatic rings. The highest BCUT2D eigenvalue weighted by Crippen LogP contribution is 2.18. The summed E-state index contributed by atoms with van der Waals surface area (Å²) in [5, 5.41) is 0. The molecule has 0 spiro atoms. The van der Waals surface area contributed by atoms with Gasteiger partial charge in [0.25, 0.3) is 0 Å². The van der Waals surface area contributed by atoms with E-state index in [4.69, 9.17) is 16.6 Å². The Hall–Kier alpha value is -1.88. The van der Waals surface area contributed by atoms with Gasteiger partial charge in [-0.05, 0) is 18.6 Å². The van der Waals surface area contributed by atoms with Crippen LogP contribution in [0, 0.1) is 6.92 Å². The van der Waals surface area contributed by atoms with Gasteiger partial charge in [-0.3, -0.25) is 0 Å². The first-order valence-electron chi connectivity index (χ1n) is 6.62. The summed E-state index contributed by atoms with van der Waals surface area (Å²) in [5.41, 5.74) is 3.05. The van der Waals surface area contributed by atoms with Crippen LogP contribution in [0.25, 0.3) is 11.2 Å². The number of hydrogen-bond acceptors (Lipinski definition) is 3. The number of hydrogen-bond donors (Lipinski definition) is 0. The summed E-state index contributed by atoms with van der Waals surface area (Å²) < 4.78 is 4.21. The van der Waals surface area contributed by atoms with Crippen LogP contribution in [-0.4, -0.2) is 30.0 Å². The first-order chi connectivity index (χ1) is 9.79. The summed E-state index contributed by atoms with van der Waals surface area (Å²) in [6.07, 6.45) is 8.14. The van der Waals surface area contributed by atoms with Crippen LogP contribution in [0.1, 0.15) is 11.4 Å². The minimum atomic E-state index is 0.563. The number of imidazole rings is 2. The number of rotatable bonds is 5. The normalized spacial score (nSPS) is 11.3. The van der Waals surface area contributed by atoms with E-state index < -0.39 is 0 Å². The van der Waals surface area contributed by atoms with Gasteiger partial charge in [0.15, 0.2) is 5.65 Å². The lowest BCUT2D eigenvalue weighted by Crippen LogP contribution is -2.10. The molecule has 0 atom stereocenters. The zero-order chi connectivity index (χ0) is 13.9. The topological polar surface area (TPSA) is 48.5 Å². The van der Waals surface area contributed by atoms with Gasteiger partial charge in [0.1, 0.15) is 11.3 Å². The second kappa shape index (κ2) is 5.63. The van der Waals surface area contributed by atoms with Crippen LogP contribution in [-0.2, 0) is 19.5 Å². The van der Waals surface area contributed by atoms with Crippen molar-refractivity contribution >= 4 is 22.8 Å². The van der Waals surface area contributed by atoms with E-state index in [9.17, 15) is 0 Å². The number of halogens is 1. The summed E-state index contributed by atoms with van der Waals surface area (Å²) in [4.78, 5) is 13.2. The van der Waals surface area contributed by atoms with E-state index in [1.165, 1.54) is 0 Å². The molecule has 3 aromatic heterocycles. The van der Waals surface area contributed by atoms with Crippen molar-refractivity contribution < 1.29 is 0 Å². The molecule has 3 heterocycles. The second-order valence-electron chi connectivity index (χ2n) is 4.72. The average Bonchev–Trinajstić information content (AvgIpc) is 3.05. The smallest absolute Gasteiger partial charge is 0.160 e. The fourth-order valence-corrected chi connectivity index (χ4v) is 2.50. The third-order valence-electron chi connectivity index (χ3n) is 3.37. The van der Waals surface area contributed by atoms with Gasteiger partial charge < -0.3 is 9.13 Å². The summed E-state index contributed by atoms with van der Waals surface area (Å²) in [5.74, 6) is 1.56. The van der Waals surface area contributed by atoms with E-state index in [2.05, 4.69) is 21.5 Å². The largest absolute Gasteiger partial charge is 0.336 e. The molecule has 3 rings (SSSR count). The van der Waals surface area contributed by atoms with Gasteiger partial charge in [0.2, 0.25) is 0 Å². The van der Waals surface area contributed by atoms with E-state index >= 15 is 0 Å². The average molecular weight is 290 g/mol. The molecule has 0 aromatic carbocycles. The SMILES string of the molecule is Cc1ccnc2c1nc(CCCl)n2CCn1ccnc1. The van der Waals surface area contributed by atoms with Gasteiger partial charge in [0, 0.05) is 44.0 Å². The molecule has 0 amide bonds. The molecule has 0 saturated carbocycles. The van der Waals surface area contributed by atoms with Crippen molar-refractivity contribution in [2.45, 2.75) is 26.4 Å². The van der Waals surface area contributed by atoms with Gasteiger partial charge in [-0.1, -0.05) is 0 Å². The van der Waals surface area contributed by atoms with E-state index in [-0.39, 0.29) is 0 Å². The number of aryl methyl sites for hydroxylation is 4. The fraction of sp³-hybridized carbons (Fsp3) is 0.357. The van der Waals surface area contributed by atoms with Crippen LogP contribution in [0.4, 0.5) is 0 Å². The molecular formula is C14H16ClN5. The highest BCUT2D eigenvalue weighted by molar-refractivity contribution is 6.17. The first kappa shape index (κ1) is 13.1. The number of nitrogens with zero attached hydrogens (tertiary/aromatic N) is 5. The van der Waals surface area contributed by atoms with E-state index in [0.717, 1.165) is 42.1 Å². The second-order valence-corrected chi connectivity index (χ2v) is 5.10. The molecule has 20 heavy (non-hydrogen) atoms. The van der Waals surface area contributed by atoms with Crippen LogP contribution < -0.4 is 0 Å². The summed E-state index contributed by atoms with van der Waals surface area (Å²) in [7, 11) is 0. The quantitative estimate of drug-likeness (QED) is 0.678. The molecule has 0 saturated heterocycles. The fourth-order valence-electron chi connectivity index (χ4n) is 2.33. The molecule has 3 aromatic rings. The minimum absolute atomic E-state index is 0.563. The summed E-state index contributed by atoms with van der Waals surface area (Å²) in [6, 6.07) is 1.99. The Kier molecular flexibility index (Phi) is 3.69. The van der Waals surface area contributed by atoms with Crippen LogP contribution in [0.3, 0.4) is 0 Å². The van der Waals surface area contributed by atoms with Gasteiger partial charge in [-0.25, -0.2) is 15.0 Å². The highest BCUT2D eigenvalue weighted by Gasteiger charge is 2.12. The molecular weight excluding hydrogens is 274 g/mol. The molecule has 6 heteroatoms. The molecule has 5 nitrogen and oxygen atoms in total. The molecule has 0 unspecified atom stereocenters. The number of pyridine rings is 1. The van der Waals surface area contributed by atoms with Crippen molar-refractivity contribution in [2.24, 2.45) is 0 Å². The van der Waals surface area contributed by atoms with Crippen molar-refractivity contribution in [3.63, 3.8) is 0 Å². The lowest BCUT2D eigenvalue weighted by Gasteiger charge is -2.08. The lowest BCUT2D eigenvalue weighted by molar-refractivity contribution is 0.569. The summed E-state index contributed by atoms with van der Waals surface area (Å²) >= 11 is 5.89. The molecule has 0 fully saturated rings.